The fraction of sp³-hybridized carbons (Fsp3) is 0.294. The largest absolute Gasteiger partial charge is 0.489 e. The molecule has 2 aromatic carbocycles. The van der Waals surface area contributed by atoms with Crippen LogP contribution in [0.2, 0.25) is 0 Å². The van der Waals surface area contributed by atoms with Crippen molar-refractivity contribution in [3.63, 3.8) is 0 Å². The summed E-state index contributed by atoms with van der Waals surface area (Å²) < 4.78 is 5.76. The van der Waals surface area contributed by atoms with Crippen LogP contribution in [0.4, 0.5) is 5.69 Å². The Morgan fingerprint density at radius 1 is 1.00 bits per heavy atom. The second kappa shape index (κ2) is 6.28. The second-order valence-electron chi connectivity index (χ2n) is 4.91. The van der Waals surface area contributed by atoms with Gasteiger partial charge >= 0.3 is 0 Å². The van der Waals surface area contributed by atoms with Crippen molar-refractivity contribution in [3.05, 3.63) is 59.7 Å². The van der Waals surface area contributed by atoms with Gasteiger partial charge in [-0.25, -0.2) is 0 Å². The molecule has 2 aromatic rings. The van der Waals surface area contributed by atoms with Crippen LogP contribution in [0.3, 0.4) is 0 Å². The highest BCUT2D eigenvalue weighted by molar-refractivity contribution is 5.39. The lowest BCUT2D eigenvalue weighted by atomic mass is 9.99. The lowest BCUT2D eigenvalue weighted by Gasteiger charge is -2.11. The molecule has 19 heavy (non-hydrogen) atoms. The molecule has 2 rings (SSSR count). The van der Waals surface area contributed by atoms with Crippen molar-refractivity contribution in [2.75, 3.05) is 5.73 Å². The third-order valence-corrected chi connectivity index (χ3v) is 3.45. The number of rotatable bonds is 5. The summed E-state index contributed by atoms with van der Waals surface area (Å²) in [6, 6.07) is 16.1. The van der Waals surface area contributed by atoms with Gasteiger partial charge in [0.15, 0.2) is 0 Å². The van der Waals surface area contributed by atoms with Crippen LogP contribution >= 0.6 is 0 Å². The molecule has 1 atom stereocenters. The van der Waals surface area contributed by atoms with E-state index < -0.39 is 0 Å². The lowest BCUT2D eigenvalue weighted by molar-refractivity contribution is 0.306. The molecule has 0 aromatic heterocycles. The Balaban J connectivity index is 1.94. The van der Waals surface area contributed by atoms with Crippen LogP contribution in [-0.2, 0) is 6.61 Å². The Morgan fingerprint density at radius 3 is 2.21 bits per heavy atom. The van der Waals surface area contributed by atoms with Crippen molar-refractivity contribution in [1.82, 2.24) is 0 Å². The van der Waals surface area contributed by atoms with E-state index in [0.717, 1.165) is 23.4 Å². The van der Waals surface area contributed by atoms with E-state index in [0.29, 0.717) is 12.5 Å². The zero-order chi connectivity index (χ0) is 13.7. The van der Waals surface area contributed by atoms with Crippen LogP contribution in [0.1, 0.15) is 37.3 Å². The summed E-state index contributed by atoms with van der Waals surface area (Å²) in [7, 11) is 0. The average molecular weight is 255 g/mol. The van der Waals surface area contributed by atoms with E-state index in [9.17, 15) is 0 Å². The maximum Gasteiger partial charge on any atom is 0.119 e. The van der Waals surface area contributed by atoms with Crippen LogP contribution in [0, 0.1) is 0 Å². The SMILES string of the molecule is CCC(C)c1ccc(OCc2ccc(N)cc2)cc1. The summed E-state index contributed by atoms with van der Waals surface area (Å²) >= 11 is 0. The maximum absolute atomic E-state index is 5.76. The maximum atomic E-state index is 5.76. The van der Waals surface area contributed by atoms with Crippen molar-refractivity contribution in [2.24, 2.45) is 0 Å². The van der Waals surface area contributed by atoms with Crippen molar-refractivity contribution >= 4 is 5.69 Å². The van der Waals surface area contributed by atoms with Crippen LogP contribution in [0.15, 0.2) is 48.5 Å². The normalized spacial score (nSPS) is 12.1. The number of nitrogen functional groups attached to an aromatic ring is 1. The minimum Gasteiger partial charge on any atom is -0.489 e. The molecule has 0 bridgehead atoms. The first-order valence-electron chi connectivity index (χ1n) is 6.76. The highest BCUT2D eigenvalue weighted by Crippen LogP contribution is 2.22. The molecule has 0 saturated carbocycles. The van der Waals surface area contributed by atoms with Crippen molar-refractivity contribution < 1.29 is 4.74 Å². The number of benzene rings is 2. The second-order valence-corrected chi connectivity index (χ2v) is 4.91. The number of hydrogen-bond donors (Lipinski definition) is 1. The first-order chi connectivity index (χ1) is 9.19. The molecular weight excluding hydrogens is 234 g/mol. The first kappa shape index (κ1) is 13.5. The van der Waals surface area contributed by atoms with E-state index in [1.807, 2.05) is 36.4 Å². The molecule has 0 saturated heterocycles. The van der Waals surface area contributed by atoms with Gasteiger partial charge in [0.05, 0.1) is 0 Å². The highest BCUT2D eigenvalue weighted by atomic mass is 16.5. The summed E-state index contributed by atoms with van der Waals surface area (Å²) in [5, 5.41) is 0. The third-order valence-electron chi connectivity index (χ3n) is 3.45. The van der Waals surface area contributed by atoms with Crippen LogP contribution in [-0.4, -0.2) is 0 Å². The smallest absolute Gasteiger partial charge is 0.119 e. The zero-order valence-corrected chi connectivity index (χ0v) is 11.6. The monoisotopic (exact) mass is 255 g/mol. The lowest BCUT2D eigenvalue weighted by Crippen LogP contribution is -1.97. The van der Waals surface area contributed by atoms with Gasteiger partial charge < -0.3 is 10.5 Å². The Labute approximate surface area is 115 Å². The standard InChI is InChI=1S/C17H21NO/c1-3-13(2)15-6-10-17(11-7-15)19-12-14-4-8-16(18)9-5-14/h4-11,13H,3,12,18H2,1-2H3. The van der Waals surface area contributed by atoms with Crippen molar-refractivity contribution in [2.45, 2.75) is 32.8 Å². The molecule has 0 aliphatic rings. The predicted molar refractivity (Wildman–Crippen MR) is 80.3 cm³/mol. The van der Waals surface area contributed by atoms with Gasteiger partial charge in [-0.05, 0) is 47.7 Å². The number of ether oxygens (including phenoxy) is 1. The molecule has 0 amide bonds. The topological polar surface area (TPSA) is 35.2 Å². The number of hydrogen-bond acceptors (Lipinski definition) is 2. The summed E-state index contributed by atoms with van der Waals surface area (Å²) in [5.74, 6) is 1.51. The van der Waals surface area contributed by atoms with Gasteiger partial charge in [0.1, 0.15) is 12.4 Å². The van der Waals surface area contributed by atoms with Gasteiger partial charge in [-0.3, -0.25) is 0 Å². The first-order valence-corrected chi connectivity index (χ1v) is 6.76. The minimum absolute atomic E-state index is 0.572. The van der Waals surface area contributed by atoms with E-state index in [-0.39, 0.29) is 0 Å². The molecule has 2 heteroatoms. The average Bonchev–Trinajstić information content (AvgIpc) is 2.46. The summed E-state index contributed by atoms with van der Waals surface area (Å²) in [6.45, 7) is 5.02. The third kappa shape index (κ3) is 3.75. The van der Waals surface area contributed by atoms with Crippen LogP contribution in [0.5, 0.6) is 5.75 Å². The van der Waals surface area contributed by atoms with E-state index in [1.54, 1.807) is 0 Å². The molecule has 1 unspecified atom stereocenters. The fourth-order valence-electron chi connectivity index (χ4n) is 1.91. The summed E-state index contributed by atoms with van der Waals surface area (Å²) in [5.41, 5.74) is 8.92. The molecule has 0 aliphatic heterocycles. The van der Waals surface area contributed by atoms with Gasteiger partial charge in [-0.2, -0.15) is 0 Å². The molecule has 0 aliphatic carbocycles. The van der Waals surface area contributed by atoms with Gasteiger partial charge in [0.25, 0.3) is 0 Å². The van der Waals surface area contributed by atoms with Gasteiger partial charge in [0.2, 0.25) is 0 Å². The molecule has 0 spiro atoms. The fourth-order valence-corrected chi connectivity index (χ4v) is 1.91. The van der Waals surface area contributed by atoms with Crippen molar-refractivity contribution in [1.29, 1.82) is 0 Å². The van der Waals surface area contributed by atoms with E-state index in [1.165, 1.54) is 5.56 Å². The van der Waals surface area contributed by atoms with Crippen molar-refractivity contribution in [3.8, 4) is 5.75 Å². The van der Waals surface area contributed by atoms with Gasteiger partial charge in [0, 0.05) is 5.69 Å². The molecule has 2 nitrogen and oxygen atoms in total. The van der Waals surface area contributed by atoms with E-state index in [2.05, 4.69) is 26.0 Å². The Hall–Kier alpha value is -1.96. The quantitative estimate of drug-likeness (QED) is 0.806. The van der Waals surface area contributed by atoms with E-state index in [4.69, 9.17) is 10.5 Å². The minimum atomic E-state index is 0.572. The molecule has 0 heterocycles. The molecule has 100 valence electrons. The molecule has 0 radical (unpaired) electrons. The van der Waals surface area contributed by atoms with Crippen LogP contribution < -0.4 is 10.5 Å². The number of anilines is 1. The Morgan fingerprint density at radius 2 is 1.63 bits per heavy atom. The van der Waals surface area contributed by atoms with E-state index >= 15 is 0 Å². The Kier molecular flexibility index (Phi) is 4.45. The summed E-state index contributed by atoms with van der Waals surface area (Å²) in [6.07, 6.45) is 1.16. The van der Waals surface area contributed by atoms with Gasteiger partial charge in [-0.1, -0.05) is 38.1 Å². The predicted octanol–water partition coefficient (Wildman–Crippen LogP) is 4.36. The van der Waals surface area contributed by atoms with Crippen LogP contribution in [0.25, 0.3) is 0 Å². The number of nitrogens with two attached hydrogens (primary N) is 1. The summed E-state index contributed by atoms with van der Waals surface area (Å²) in [4.78, 5) is 0. The zero-order valence-electron chi connectivity index (χ0n) is 11.6. The molecular formula is C17H21NO. The molecule has 2 N–H and O–H groups in total. The van der Waals surface area contributed by atoms with Gasteiger partial charge in [-0.15, -0.1) is 0 Å². The molecule has 0 fully saturated rings. The Bertz CT molecular complexity index is 502. The highest BCUT2D eigenvalue weighted by Gasteiger charge is 2.02.